The number of nitrogens with one attached hydrogen (secondary N) is 1. The summed E-state index contributed by atoms with van der Waals surface area (Å²) in [7, 11) is -2.24. The van der Waals surface area contributed by atoms with E-state index in [2.05, 4.69) is 14.7 Å². The Morgan fingerprint density at radius 1 is 1.26 bits per heavy atom. The van der Waals surface area contributed by atoms with Gasteiger partial charge in [0.05, 0.1) is 17.2 Å². The topological polar surface area (TPSA) is 92.2 Å². The standard InChI is InChI=1S/C12H13N3O3S/c1-13-19(17,18)11-5-3-2-4-10(11)12-14-7-6-9(8-16)15-12/h2-7,13,16H,8H2,1H3. The molecule has 2 rings (SSSR count). The van der Waals surface area contributed by atoms with Crippen molar-refractivity contribution in [3.05, 3.63) is 42.2 Å². The minimum Gasteiger partial charge on any atom is -0.390 e. The van der Waals surface area contributed by atoms with Crippen molar-refractivity contribution in [1.29, 1.82) is 0 Å². The lowest BCUT2D eigenvalue weighted by atomic mass is 10.2. The van der Waals surface area contributed by atoms with Gasteiger partial charge in [0.1, 0.15) is 0 Å². The summed E-state index contributed by atoms with van der Waals surface area (Å²) in [6.07, 6.45) is 1.48. The quantitative estimate of drug-likeness (QED) is 0.852. The molecule has 0 aliphatic carbocycles. The second-order valence-electron chi connectivity index (χ2n) is 3.73. The van der Waals surface area contributed by atoms with Crippen molar-refractivity contribution in [2.24, 2.45) is 0 Å². The molecular weight excluding hydrogens is 266 g/mol. The maximum absolute atomic E-state index is 11.9. The first kappa shape index (κ1) is 13.6. The third kappa shape index (κ3) is 2.78. The molecule has 0 radical (unpaired) electrons. The molecule has 0 aliphatic heterocycles. The minimum absolute atomic E-state index is 0.104. The van der Waals surface area contributed by atoms with Crippen LogP contribution in [0.15, 0.2) is 41.4 Å². The molecule has 7 heteroatoms. The zero-order valence-corrected chi connectivity index (χ0v) is 11.1. The Hall–Kier alpha value is -1.83. The molecule has 0 atom stereocenters. The van der Waals surface area contributed by atoms with E-state index < -0.39 is 10.0 Å². The lowest BCUT2D eigenvalue weighted by Gasteiger charge is -2.08. The second kappa shape index (κ2) is 5.43. The zero-order valence-electron chi connectivity index (χ0n) is 10.2. The van der Waals surface area contributed by atoms with Gasteiger partial charge in [-0.3, -0.25) is 0 Å². The van der Waals surface area contributed by atoms with Crippen LogP contribution in [-0.4, -0.2) is 30.5 Å². The highest BCUT2D eigenvalue weighted by Gasteiger charge is 2.18. The molecule has 0 aliphatic rings. The highest BCUT2D eigenvalue weighted by atomic mass is 32.2. The molecule has 0 fully saturated rings. The fraction of sp³-hybridized carbons (Fsp3) is 0.167. The van der Waals surface area contributed by atoms with Gasteiger partial charge in [0.15, 0.2) is 5.82 Å². The van der Waals surface area contributed by atoms with E-state index in [1.165, 1.54) is 19.3 Å². The Morgan fingerprint density at radius 2 is 2.00 bits per heavy atom. The second-order valence-corrected chi connectivity index (χ2v) is 5.59. The van der Waals surface area contributed by atoms with Crippen LogP contribution < -0.4 is 4.72 Å². The summed E-state index contributed by atoms with van der Waals surface area (Å²) in [6, 6.07) is 8.01. The highest BCUT2D eigenvalue weighted by molar-refractivity contribution is 7.89. The summed E-state index contributed by atoms with van der Waals surface area (Å²) in [4.78, 5) is 8.27. The average molecular weight is 279 g/mol. The van der Waals surface area contributed by atoms with Crippen LogP contribution in [0.2, 0.25) is 0 Å². The van der Waals surface area contributed by atoms with E-state index >= 15 is 0 Å². The van der Waals surface area contributed by atoms with Gasteiger partial charge in [-0.25, -0.2) is 23.1 Å². The molecule has 2 aromatic rings. The van der Waals surface area contributed by atoms with E-state index in [9.17, 15) is 8.42 Å². The van der Waals surface area contributed by atoms with E-state index in [0.717, 1.165) is 0 Å². The number of benzene rings is 1. The minimum atomic E-state index is -3.59. The van der Waals surface area contributed by atoms with Crippen molar-refractivity contribution in [2.75, 3.05) is 7.05 Å². The summed E-state index contributed by atoms with van der Waals surface area (Å²) in [5.41, 5.74) is 0.828. The van der Waals surface area contributed by atoms with Crippen molar-refractivity contribution in [1.82, 2.24) is 14.7 Å². The first-order valence-electron chi connectivity index (χ1n) is 5.54. The van der Waals surface area contributed by atoms with Gasteiger partial charge in [-0.2, -0.15) is 0 Å². The van der Waals surface area contributed by atoms with Crippen molar-refractivity contribution >= 4 is 10.0 Å². The van der Waals surface area contributed by atoms with Gasteiger partial charge in [0.2, 0.25) is 10.0 Å². The van der Waals surface area contributed by atoms with Crippen molar-refractivity contribution < 1.29 is 13.5 Å². The van der Waals surface area contributed by atoms with Gasteiger partial charge >= 0.3 is 0 Å². The molecule has 0 spiro atoms. The molecule has 0 saturated carbocycles. The molecule has 0 saturated heterocycles. The monoisotopic (exact) mass is 279 g/mol. The molecule has 0 unspecified atom stereocenters. The van der Waals surface area contributed by atoms with Crippen LogP contribution in [0.3, 0.4) is 0 Å². The maximum Gasteiger partial charge on any atom is 0.241 e. The summed E-state index contributed by atoms with van der Waals surface area (Å²) in [5.74, 6) is 0.265. The SMILES string of the molecule is CNS(=O)(=O)c1ccccc1-c1nccc(CO)n1. The van der Waals surface area contributed by atoms with Gasteiger partial charge in [0.25, 0.3) is 0 Å². The predicted molar refractivity (Wildman–Crippen MR) is 69.6 cm³/mol. The van der Waals surface area contributed by atoms with Gasteiger partial charge in [-0.15, -0.1) is 0 Å². The number of aliphatic hydroxyl groups is 1. The molecule has 1 aromatic carbocycles. The molecule has 1 heterocycles. The highest BCUT2D eigenvalue weighted by Crippen LogP contribution is 2.23. The fourth-order valence-electron chi connectivity index (χ4n) is 1.61. The molecule has 0 bridgehead atoms. The number of nitrogens with zero attached hydrogens (tertiary/aromatic N) is 2. The number of hydrogen-bond donors (Lipinski definition) is 2. The van der Waals surface area contributed by atoms with E-state index in [-0.39, 0.29) is 17.3 Å². The van der Waals surface area contributed by atoms with Crippen molar-refractivity contribution in [2.45, 2.75) is 11.5 Å². The van der Waals surface area contributed by atoms with Crippen molar-refractivity contribution in [3.63, 3.8) is 0 Å². The fourth-order valence-corrected chi connectivity index (χ4v) is 2.54. The summed E-state index contributed by atoms with van der Waals surface area (Å²) >= 11 is 0. The number of aliphatic hydroxyl groups excluding tert-OH is 1. The Bertz CT molecular complexity index is 686. The smallest absolute Gasteiger partial charge is 0.241 e. The van der Waals surface area contributed by atoms with E-state index in [0.29, 0.717) is 11.3 Å². The largest absolute Gasteiger partial charge is 0.390 e. The third-order valence-corrected chi connectivity index (χ3v) is 4.03. The molecule has 100 valence electrons. The number of sulfonamides is 1. The molecule has 2 N–H and O–H groups in total. The van der Waals surface area contributed by atoms with E-state index in [1.807, 2.05) is 0 Å². The van der Waals surface area contributed by atoms with Gasteiger partial charge in [0, 0.05) is 11.8 Å². The van der Waals surface area contributed by atoms with Crippen LogP contribution in [0, 0.1) is 0 Å². The molecule has 6 nitrogen and oxygen atoms in total. The first-order chi connectivity index (χ1) is 9.08. The Morgan fingerprint density at radius 3 is 2.68 bits per heavy atom. The van der Waals surface area contributed by atoms with Gasteiger partial charge in [-0.05, 0) is 25.2 Å². The van der Waals surface area contributed by atoms with Crippen LogP contribution in [0.5, 0.6) is 0 Å². The van der Waals surface area contributed by atoms with E-state index in [1.54, 1.807) is 24.3 Å². The van der Waals surface area contributed by atoms with Crippen LogP contribution in [-0.2, 0) is 16.6 Å². The molecular formula is C12H13N3O3S. The number of rotatable bonds is 4. The van der Waals surface area contributed by atoms with Gasteiger partial charge < -0.3 is 5.11 Å². The van der Waals surface area contributed by atoms with E-state index in [4.69, 9.17) is 5.11 Å². The Labute approximate surface area is 111 Å². The summed E-state index contributed by atoms with van der Waals surface area (Å²) < 4.78 is 26.1. The van der Waals surface area contributed by atoms with Crippen LogP contribution in [0.25, 0.3) is 11.4 Å². The normalized spacial score (nSPS) is 11.5. The maximum atomic E-state index is 11.9. The Kier molecular flexibility index (Phi) is 3.89. The molecule has 1 aromatic heterocycles. The first-order valence-corrected chi connectivity index (χ1v) is 7.02. The number of aromatic nitrogens is 2. The summed E-state index contributed by atoms with van der Waals surface area (Å²) in [6.45, 7) is -0.226. The van der Waals surface area contributed by atoms with Crippen LogP contribution in [0.1, 0.15) is 5.69 Å². The molecule has 0 amide bonds. The zero-order chi connectivity index (χ0) is 13.9. The lowest BCUT2D eigenvalue weighted by molar-refractivity contribution is 0.277. The molecule has 19 heavy (non-hydrogen) atoms. The lowest BCUT2D eigenvalue weighted by Crippen LogP contribution is -2.19. The van der Waals surface area contributed by atoms with Crippen LogP contribution >= 0.6 is 0 Å². The summed E-state index contributed by atoms with van der Waals surface area (Å²) in [5, 5.41) is 9.06. The predicted octanol–water partition coefficient (Wildman–Crippen LogP) is 0.544. The number of hydrogen-bond acceptors (Lipinski definition) is 5. The Balaban J connectivity index is 2.63. The van der Waals surface area contributed by atoms with Gasteiger partial charge in [-0.1, -0.05) is 12.1 Å². The van der Waals surface area contributed by atoms with Crippen LogP contribution in [0.4, 0.5) is 0 Å². The average Bonchev–Trinajstić information content (AvgIpc) is 2.47. The van der Waals surface area contributed by atoms with Crippen molar-refractivity contribution in [3.8, 4) is 11.4 Å². The third-order valence-electron chi connectivity index (χ3n) is 2.56.